The summed E-state index contributed by atoms with van der Waals surface area (Å²) in [5, 5.41) is 2.87. The molecule has 4 rings (SSSR count). The van der Waals surface area contributed by atoms with Crippen LogP contribution in [0.5, 0.6) is 0 Å². The standard InChI is InChI=1S/C24H26F3N7O2/c1-23(2,3)36-22(35)34-9-7-15(8-10-34)19-31-20(16-12-28-14-29-13-16)33-21(32-19)30-18-6-4-5-17(11-18)24(25,26)27/h4-6,11-15H,7-10H2,1-3H3,(H,30,31,32,33). The molecule has 0 saturated carbocycles. The van der Waals surface area contributed by atoms with E-state index in [0.717, 1.165) is 12.1 Å². The van der Waals surface area contributed by atoms with Gasteiger partial charge in [0.25, 0.3) is 0 Å². The maximum atomic E-state index is 13.2. The number of nitrogens with one attached hydrogen (secondary N) is 1. The minimum atomic E-state index is -4.48. The van der Waals surface area contributed by atoms with Crippen molar-refractivity contribution in [3.05, 3.63) is 54.4 Å². The molecule has 0 aliphatic carbocycles. The molecule has 9 nitrogen and oxygen atoms in total. The van der Waals surface area contributed by atoms with E-state index < -0.39 is 17.3 Å². The highest BCUT2D eigenvalue weighted by atomic mass is 19.4. The maximum absolute atomic E-state index is 13.2. The molecule has 2 aromatic heterocycles. The number of alkyl halides is 3. The van der Waals surface area contributed by atoms with Gasteiger partial charge in [-0.1, -0.05) is 6.07 Å². The van der Waals surface area contributed by atoms with Gasteiger partial charge in [0, 0.05) is 37.1 Å². The number of ether oxygens (including phenoxy) is 1. The first-order chi connectivity index (χ1) is 17.0. The highest BCUT2D eigenvalue weighted by Crippen LogP contribution is 2.32. The Kier molecular flexibility index (Phi) is 7.04. The molecule has 36 heavy (non-hydrogen) atoms. The fourth-order valence-electron chi connectivity index (χ4n) is 3.72. The molecule has 0 bridgehead atoms. The number of halogens is 3. The Balaban J connectivity index is 1.59. The molecule has 190 valence electrons. The number of carbonyl (C=O) groups is 1. The van der Waals surface area contributed by atoms with Gasteiger partial charge in [-0.2, -0.15) is 23.1 Å². The van der Waals surface area contributed by atoms with Crippen molar-refractivity contribution in [1.82, 2.24) is 29.8 Å². The second-order valence-electron chi connectivity index (χ2n) is 9.41. The van der Waals surface area contributed by atoms with E-state index in [4.69, 9.17) is 4.74 Å². The van der Waals surface area contributed by atoms with E-state index in [0.29, 0.717) is 43.1 Å². The number of amides is 1. The summed E-state index contributed by atoms with van der Waals surface area (Å²) < 4.78 is 44.9. The summed E-state index contributed by atoms with van der Waals surface area (Å²) in [5.74, 6) is 0.789. The quantitative estimate of drug-likeness (QED) is 0.520. The third-order valence-electron chi connectivity index (χ3n) is 5.43. The number of anilines is 2. The molecule has 3 heterocycles. The molecule has 1 aliphatic rings. The number of likely N-dealkylation sites (tertiary alicyclic amines) is 1. The molecule has 12 heteroatoms. The van der Waals surface area contributed by atoms with Crippen LogP contribution in [0.2, 0.25) is 0 Å². The maximum Gasteiger partial charge on any atom is 0.416 e. The van der Waals surface area contributed by atoms with E-state index in [2.05, 4.69) is 30.2 Å². The van der Waals surface area contributed by atoms with E-state index in [1.807, 2.05) is 20.8 Å². The number of rotatable bonds is 4. The van der Waals surface area contributed by atoms with Crippen LogP contribution in [0.3, 0.4) is 0 Å². The minimum absolute atomic E-state index is 0.0860. The van der Waals surface area contributed by atoms with Crippen molar-refractivity contribution in [2.75, 3.05) is 18.4 Å². The minimum Gasteiger partial charge on any atom is -0.444 e. The summed E-state index contributed by atoms with van der Waals surface area (Å²) in [5.41, 5.74) is -0.636. The number of aromatic nitrogens is 5. The Labute approximate surface area is 206 Å². The number of hydrogen-bond acceptors (Lipinski definition) is 8. The van der Waals surface area contributed by atoms with Crippen LogP contribution in [0.25, 0.3) is 11.4 Å². The summed E-state index contributed by atoms with van der Waals surface area (Å²) in [4.78, 5) is 35.6. The lowest BCUT2D eigenvalue weighted by Crippen LogP contribution is -2.41. The average Bonchev–Trinajstić information content (AvgIpc) is 2.83. The zero-order valence-electron chi connectivity index (χ0n) is 20.1. The number of hydrogen-bond donors (Lipinski definition) is 1. The van der Waals surface area contributed by atoms with Crippen LogP contribution in [-0.2, 0) is 10.9 Å². The van der Waals surface area contributed by atoms with E-state index >= 15 is 0 Å². The molecule has 0 unspecified atom stereocenters. The van der Waals surface area contributed by atoms with Crippen LogP contribution in [0.1, 0.15) is 50.9 Å². The molecule has 0 atom stereocenters. The third-order valence-corrected chi connectivity index (χ3v) is 5.43. The Hall–Kier alpha value is -3.83. The van der Waals surface area contributed by atoms with Crippen LogP contribution in [0.4, 0.5) is 29.6 Å². The fraction of sp³-hybridized carbons (Fsp3) is 0.417. The molecule has 3 aromatic rings. The second-order valence-corrected chi connectivity index (χ2v) is 9.41. The van der Waals surface area contributed by atoms with Crippen molar-refractivity contribution >= 4 is 17.7 Å². The summed E-state index contributed by atoms with van der Waals surface area (Å²) in [7, 11) is 0. The average molecular weight is 502 g/mol. The predicted octanol–water partition coefficient (Wildman–Crippen LogP) is 5.21. The van der Waals surface area contributed by atoms with Gasteiger partial charge in [-0.15, -0.1) is 0 Å². The number of piperidine rings is 1. The molecule has 1 saturated heterocycles. The largest absolute Gasteiger partial charge is 0.444 e. The monoisotopic (exact) mass is 501 g/mol. The summed E-state index contributed by atoms with van der Waals surface area (Å²) >= 11 is 0. The number of nitrogens with zero attached hydrogens (tertiary/aromatic N) is 6. The summed E-state index contributed by atoms with van der Waals surface area (Å²) in [6, 6.07) is 4.80. The summed E-state index contributed by atoms with van der Waals surface area (Å²) in [6.45, 7) is 6.37. The molecule has 1 fully saturated rings. The Morgan fingerprint density at radius 1 is 1.06 bits per heavy atom. The summed E-state index contributed by atoms with van der Waals surface area (Å²) in [6.07, 6.45) is 0.812. The van der Waals surface area contributed by atoms with Crippen LogP contribution in [-0.4, -0.2) is 54.6 Å². The first kappa shape index (κ1) is 25.3. The molecule has 1 amide bonds. The number of benzene rings is 1. The molecular weight excluding hydrogens is 475 g/mol. The van der Waals surface area contributed by atoms with Crippen LogP contribution in [0, 0.1) is 0 Å². The lowest BCUT2D eigenvalue weighted by atomic mass is 9.96. The molecule has 1 aliphatic heterocycles. The lowest BCUT2D eigenvalue weighted by molar-refractivity contribution is -0.137. The Bertz CT molecular complexity index is 1210. The third kappa shape index (κ3) is 6.43. The van der Waals surface area contributed by atoms with Gasteiger partial charge in [-0.3, -0.25) is 0 Å². The molecule has 0 radical (unpaired) electrons. The van der Waals surface area contributed by atoms with E-state index in [9.17, 15) is 18.0 Å². The fourth-order valence-corrected chi connectivity index (χ4v) is 3.72. The van der Waals surface area contributed by atoms with Crippen molar-refractivity contribution in [3.63, 3.8) is 0 Å². The molecular formula is C24H26F3N7O2. The second kappa shape index (κ2) is 10.0. The van der Waals surface area contributed by atoms with E-state index in [-0.39, 0.29) is 23.6 Å². The Morgan fingerprint density at radius 3 is 2.39 bits per heavy atom. The van der Waals surface area contributed by atoms with Crippen LogP contribution < -0.4 is 5.32 Å². The van der Waals surface area contributed by atoms with Gasteiger partial charge in [0.15, 0.2) is 5.82 Å². The van der Waals surface area contributed by atoms with Gasteiger partial charge in [0.1, 0.15) is 17.8 Å². The van der Waals surface area contributed by atoms with Gasteiger partial charge >= 0.3 is 12.3 Å². The van der Waals surface area contributed by atoms with Crippen LogP contribution in [0.15, 0.2) is 43.0 Å². The highest BCUT2D eigenvalue weighted by Gasteiger charge is 2.31. The Morgan fingerprint density at radius 2 is 1.75 bits per heavy atom. The van der Waals surface area contributed by atoms with Crippen LogP contribution >= 0.6 is 0 Å². The zero-order chi connectivity index (χ0) is 25.9. The topological polar surface area (TPSA) is 106 Å². The van der Waals surface area contributed by atoms with Crippen molar-refractivity contribution in [2.45, 2.75) is 51.3 Å². The zero-order valence-corrected chi connectivity index (χ0v) is 20.1. The lowest BCUT2D eigenvalue weighted by Gasteiger charge is -2.33. The van der Waals surface area contributed by atoms with Gasteiger partial charge in [-0.05, 0) is 51.8 Å². The van der Waals surface area contributed by atoms with Gasteiger partial charge < -0.3 is 15.0 Å². The van der Waals surface area contributed by atoms with Gasteiger partial charge in [0.2, 0.25) is 5.95 Å². The first-order valence-electron chi connectivity index (χ1n) is 11.4. The van der Waals surface area contributed by atoms with E-state index in [1.165, 1.54) is 18.5 Å². The highest BCUT2D eigenvalue weighted by molar-refractivity contribution is 5.68. The van der Waals surface area contributed by atoms with E-state index in [1.54, 1.807) is 17.3 Å². The van der Waals surface area contributed by atoms with Crippen molar-refractivity contribution in [3.8, 4) is 11.4 Å². The first-order valence-corrected chi connectivity index (χ1v) is 11.4. The SMILES string of the molecule is CC(C)(C)OC(=O)N1CCC(c2nc(Nc3cccc(C(F)(F)F)c3)nc(-c3cncnc3)n2)CC1. The molecule has 1 N–H and O–H groups in total. The normalized spacial score (nSPS) is 15.0. The predicted molar refractivity (Wildman–Crippen MR) is 125 cm³/mol. The van der Waals surface area contributed by atoms with Gasteiger partial charge in [0.05, 0.1) is 11.1 Å². The molecule has 0 spiro atoms. The number of carbonyl (C=O) groups excluding carboxylic acids is 1. The smallest absolute Gasteiger partial charge is 0.416 e. The van der Waals surface area contributed by atoms with Crippen molar-refractivity contribution in [1.29, 1.82) is 0 Å². The van der Waals surface area contributed by atoms with Crippen molar-refractivity contribution in [2.24, 2.45) is 0 Å². The van der Waals surface area contributed by atoms with Crippen molar-refractivity contribution < 1.29 is 22.7 Å². The molecule has 1 aromatic carbocycles. The van der Waals surface area contributed by atoms with Gasteiger partial charge in [-0.25, -0.2) is 19.7 Å².